The third-order valence-electron chi connectivity index (χ3n) is 2.44. The van der Waals surface area contributed by atoms with E-state index in [4.69, 9.17) is 16.4 Å². The first-order valence-electron chi connectivity index (χ1n) is 5.76. The Balaban J connectivity index is 2.40. The van der Waals surface area contributed by atoms with E-state index in [-0.39, 0.29) is 12.0 Å². The number of halogens is 1. The number of aromatic amines is 1. The van der Waals surface area contributed by atoms with E-state index in [2.05, 4.69) is 9.72 Å². The van der Waals surface area contributed by atoms with Crippen molar-refractivity contribution in [3.8, 4) is 0 Å². The van der Waals surface area contributed by atoms with Gasteiger partial charge in [0.05, 0.1) is 17.5 Å². The smallest absolute Gasteiger partial charge is 0.362 e. The normalized spacial score (nSPS) is 10.5. The van der Waals surface area contributed by atoms with Crippen LogP contribution in [0, 0.1) is 0 Å². The molecule has 0 atom stereocenters. The minimum absolute atomic E-state index is 0.184. The molecule has 0 aliphatic heterocycles. The first-order chi connectivity index (χ1) is 9.52. The summed E-state index contributed by atoms with van der Waals surface area (Å²) in [6, 6.07) is 4.43. The van der Waals surface area contributed by atoms with Gasteiger partial charge < -0.3 is 14.6 Å². The van der Waals surface area contributed by atoms with Crippen LogP contribution in [0.4, 0.5) is 0 Å². The zero-order valence-electron chi connectivity index (χ0n) is 10.5. The van der Waals surface area contributed by atoms with Gasteiger partial charge in [0.25, 0.3) is 5.56 Å². The van der Waals surface area contributed by atoms with Crippen molar-refractivity contribution in [1.29, 1.82) is 0 Å². The maximum atomic E-state index is 12.1. The van der Waals surface area contributed by atoms with Crippen molar-refractivity contribution < 1.29 is 14.4 Å². The average Bonchev–Trinajstić information content (AvgIpc) is 2.38. The largest absolute Gasteiger partial charge is 0.463 e. The summed E-state index contributed by atoms with van der Waals surface area (Å²) in [6.07, 6.45) is 0. The number of fused-ring (bicyclic) bond motifs is 1. The molecule has 2 aromatic rings. The van der Waals surface area contributed by atoms with E-state index in [0.717, 1.165) is 0 Å². The molecule has 0 spiro atoms. The Labute approximate surface area is 117 Å². The van der Waals surface area contributed by atoms with Gasteiger partial charge in [-0.25, -0.2) is 9.59 Å². The summed E-state index contributed by atoms with van der Waals surface area (Å²) >= 11 is 5.78. The molecule has 106 valence electrons. The summed E-state index contributed by atoms with van der Waals surface area (Å²) in [5.74, 6) is -0.671. The van der Waals surface area contributed by atoms with Gasteiger partial charge in [-0.2, -0.15) is 0 Å². The molecule has 1 aromatic carbocycles. The molecule has 1 heterocycles. The van der Waals surface area contributed by atoms with Crippen LogP contribution >= 0.6 is 11.6 Å². The van der Waals surface area contributed by atoms with Crippen molar-refractivity contribution in [2.45, 2.75) is 6.92 Å². The van der Waals surface area contributed by atoms with Crippen molar-refractivity contribution >= 4 is 28.5 Å². The molecule has 0 saturated carbocycles. The van der Waals surface area contributed by atoms with Crippen LogP contribution in [0.1, 0.15) is 6.92 Å². The highest BCUT2D eigenvalue weighted by Gasteiger charge is 2.11. The number of carbonyl (C=O) groups excluding carboxylic acids is 1. The molecule has 0 radical (unpaired) electrons. The van der Waals surface area contributed by atoms with Gasteiger partial charge in [-0.15, -0.1) is 0 Å². The number of aromatic nitrogens is 2. The summed E-state index contributed by atoms with van der Waals surface area (Å²) in [6.45, 7) is 1.29. The highest BCUT2D eigenvalue weighted by molar-refractivity contribution is 6.31. The van der Waals surface area contributed by atoms with Gasteiger partial charge in [-0.3, -0.25) is 4.79 Å². The van der Waals surface area contributed by atoms with E-state index < -0.39 is 23.8 Å². The Kier molecular flexibility index (Phi) is 4.09. The van der Waals surface area contributed by atoms with Crippen LogP contribution < -0.4 is 16.1 Å². The van der Waals surface area contributed by atoms with Gasteiger partial charge in [0.15, 0.2) is 0 Å². The van der Waals surface area contributed by atoms with E-state index in [1.54, 1.807) is 6.92 Å². The summed E-state index contributed by atoms with van der Waals surface area (Å²) < 4.78 is 5.12. The minimum atomic E-state index is -0.797. The third-order valence-corrected chi connectivity index (χ3v) is 2.67. The van der Waals surface area contributed by atoms with Gasteiger partial charge in [0.1, 0.15) is 0 Å². The van der Waals surface area contributed by atoms with Crippen molar-refractivity contribution in [3.05, 3.63) is 44.1 Å². The molecule has 0 unspecified atom stereocenters. The Morgan fingerprint density at radius 1 is 1.40 bits per heavy atom. The standard InChI is InChI=1S/C12H11ClN2O5/c1-2-19-10(16)6-20-15-11(17)8-4-3-7(13)5-9(8)14-12(15)18/h3-5H,2,6H2,1H3,(H,14,18). The second-order valence-corrected chi connectivity index (χ2v) is 4.23. The second-order valence-electron chi connectivity index (χ2n) is 3.80. The first-order valence-corrected chi connectivity index (χ1v) is 6.14. The molecule has 0 amide bonds. The van der Waals surface area contributed by atoms with Crippen molar-refractivity contribution in [1.82, 2.24) is 9.71 Å². The molecular formula is C12H11ClN2O5. The molecule has 0 bridgehead atoms. The van der Waals surface area contributed by atoms with Gasteiger partial charge in [-0.1, -0.05) is 16.3 Å². The minimum Gasteiger partial charge on any atom is -0.463 e. The van der Waals surface area contributed by atoms with E-state index in [1.807, 2.05) is 0 Å². The number of hydrogen-bond donors (Lipinski definition) is 1. The fourth-order valence-corrected chi connectivity index (χ4v) is 1.78. The van der Waals surface area contributed by atoms with E-state index in [9.17, 15) is 14.4 Å². The van der Waals surface area contributed by atoms with Crippen LogP contribution in [0.25, 0.3) is 10.9 Å². The van der Waals surface area contributed by atoms with Crippen LogP contribution in [0.15, 0.2) is 27.8 Å². The quantitative estimate of drug-likeness (QED) is 0.822. The Hall–Kier alpha value is -2.28. The number of ether oxygens (including phenoxy) is 1. The Bertz CT molecular complexity index is 765. The lowest BCUT2D eigenvalue weighted by atomic mass is 10.2. The molecule has 0 saturated heterocycles. The summed E-state index contributed by atoms with van der Waals surface area (Å²) in [5, 5.41) is 0.607. The molecule has 0 aliphatic carbocycles. The van der Waals surface area contributed by atoms with Crippen molar-refractivity contribution in [3.63, 3.8) is 0 Å². The van der Waals surface area contributed by atoms with Crippen molar-refractivity contribution in [2.75, 3.05) is 13.2 Å². The predicted molar refractivity (Wildman–Crippen MR) is 71.9 cm³/mol. The average molecular weight is 299 g/mol. The maximum absolute atomic E-state index is 12.1. The topological polar surface area (TPSA) is 90.4 Å². The molecule has 1 N–H and O–H groups in total. The predicted octanol–water partition coefficient (Wildman–Crippen LogP) is 0.335. The molecule has 20 heavy (non-hydrogen) atoms. The fourth-order valence-electron chi connectivity index (χ4n) is 1.61. The Morgan fingerprint density at radius 2 is 2.15 bits per heavy atom. The molecule has 1 aromatic heterocycles. The van der Waals surface area contributed by atoms with Crippen LogP contribution in [-0.2, 0) is 9.53 Å². The highest BCUT2D eigenvalue weighted by Crippen LogP contribution is 2.13. The zero-order chi connectivity index (χ0) is 14.7. The summed E-state index contributed by atoms with van der Waals surface area (Å²) in [7, 11) is 0. The summed E-state index contributed by atoms with van der Waals surface area (Å²) in [4.78, 5) is 42.2. The zero-order valence-corrected chi connectivity index (χ0v) is 11.3. The van der Waals surface area contributed by atoms with Crippen LogP contribution in [0.3, 0.4) is 0 Å². The van der Waals surface area contributed by atoms with Crippen LogP contribution in [0.2, 0.25) is 5.02 Å². The van der Waals surface area contributed by atoms with Gasteiger partial charge >= 0.3 is 11.7 Å². The number of H-pyrrole nitrogens is 1. The number of nitrogens with one attached hydrogen (secondary N) is 1. The Morgan fingerprint density at radius 3 is 2.85 bits per heavy atom. The number of benzene rings is 1. The number of carbonyl (C=O) groups is 1. The van der Waals surface area contributed by atoms with Crippen LogP contribution in [-0.4, -0.2) is 28.9 Å². The third kappa shape index (κ3) is 2.83. The summed E-state index contributed by atoms with van der Waals surface area (Å²) in [5.41, 5.74) is -1.18. The fraction of sp³-hybridized carbons (Fsp3) is 0.250. The van der Waals surface area contributed by atoms with Crippen molar-refractivity contribution in [2.24, 2.45) is 0 Å². The first kappa shape index (κ1) is 14.1. The molecule has 0 aliphatic rings. The molecule has 0 fully saturated rings. The number of hydrogen-bond acceptors (Lipinski definition) is 5. The lowest BCUT2D eigenvalue weighted by molar-refractivity contribution is -0.148. The van der Waals surface area contributed by atoms with E-state index in [1.165, 1.54) is 18.2 Å². The lowest BCUT2D eigenvalue weighted by Gasteiger charge is -2.07. The van der Waals surface area contributed by atoms with Gasteiger partial charge in [0, 0.05) is 5.02 Å². The molecular weight excluding hydrogens is 288 g/mol. The number of nitrogens with zero attached hydrogens (tertiary/aromatic N) is 1. The monoisotopic (exact) mass is 298 g/mol. The van der Waals surface area contributed by atoms with E-state index in [0.29, 0.717) is 15.3 Å². The number of esters is 1. The lowest BCUT2D eigenvalue weighted by Crippen LogP contribution is -2.41. The molecule has 8 heteroatoms. The maximum Gasteiger partial charge on any atom is 0.362 e. The van der Waals surface area contributed by atoms with Gasteiger partial charge in [0.2, 0.25) is 6.61 Å². The van der Waals surface area contributed by atoms with Crippen LogP contribution in [0.5, 0.6) is 0 Å². The van der Waals surface area contributed by atoms with E-state index >= 15 is 0 Å². The molecule has 7 nitrogen and oxygen atoms in total. The molecule has 2 rings (SSSR count). The second kappa shape index (κ2) is 5.79. The number of rotatable bonds is 4. The highest BCUT2D eigenvalue weighted by atomic mass is 35.5. The van der Waals surface area contributed by atoms with Gasteiger partial charge in [-0.05, 0) is 25.1 Å². The SMILES string of the molecule is CCOC(=O)COn1c(=O)[nH]c2cc(Cl)ccc2c1=O.